The summed E-state index contributed by atoms with van der Waals surface area (Å²) < 4.78 is 2.89. The summed E-state index contributed by atoms with van der Waals surface area (Å²) in [7, 11) is 0. The minimum atomic E-state index is -0.0265. The Morgan fingerprint density at radius 2 is 2.17 bits per heavy atom. The van der Waals surface area contributed by atoms with E-state index in [0.29, 0.717) is 18.8 Å². The maximum Gasteiger partial charge on any atom is 0.267 e. The lowest BCUT2D eigenvalue weighted by molar-refractivity contribution is 0.0942. The summed E-state index contributed by atoms with van der Waals surface area (Å²) in [5, 5.41) is 2.91. The molecule has 0 spiro atoms. The molecule has 1 amide bonds. The second-order valence-corrected chi connectivity index (χ2v) is 5.21. The van der Waals surface area contributed by atoms with E-state index in [1.54, 1.807) is 0 Å². The number of carbonyl (C=O) groups is 1. The van der Waals surface area contributed by atoms with E-state index in [0.717, 1.165) is 17.3 Å². The molecule has 4 nitrogen and oxygen atoms in total. The summed E-state index contributed by atoms with van der Waals surface area (Å²) in [5.74, 6) is -0.0265. The number of nitrogens with one attached hydrogen (secondary N) is 1. The summed E-state index contributed by atoms with van der Waals surface area (Å²) in [5.41, 5.74) is 6.09. The lowest BCUT2D eigenvalue weighted by Gasteiger charge is -2.12. The first-order valence-corrected chi connectivity index (χ1v) is 6.71. The Hall–Kier alpha value is -0.520. The first kappa shape index (κ1) is 17.5. The van der Waals surface area contributed by atoms with Crippen molar-refractivity contribution in [3.8, 4) is 0 Å². The van der Waals surface area contributed by atoms with Gasteiger partial charge in [-0.05, 0) is 55.2 Å². The molecule has 0 saturated carbocycles. The third kappa shape index (κ3) is 5.00. The molecule has 18 heavy (non-hydrogen) atoms. The number of aromatic nitrogens is 1. The van der Waals surface area contributed by atoms with Crippen molar-refractivity contribution in [2.24, 2.45) is 5.73 Å². The molecule has 1 aromatic heterocycles. The van der Waals surface area contributed by atoms with Gasteiger partial charge in [0.05, 0.1) is 0 Å². The van der Waals surface area contributed by atoms with E-state index < -0.39 is 0 Å². The number of nitrogens with zero attached hydrogens (tertiary/aromatic N) is 1. The molecular formula is C12H21BrClN3O. The molecule has 0 fully saturated rings. The molecule has 0 aliphatic rings. The third-order valence-electron chi connectivity index (χ3n) is 2.52. The Labute approximate surface area is 123 Å². The molecule has 0 aliphatic carbocycles. The van der Waals surface area contributed by atoms with Gasteiger partial charge in [0.25, 0.3) is 5.91 Å². The second-order valence-electron chi connectivity index (χ2n) is 4.30. The molecule has 1 aromatic rings. The predicted octanol–water partition coefficient (Wildman–Crippen LogP) is 2.72. The van der Waals surface area contributed by atoms with E-state index in [-0.39, 0.29) is 24.4 Å². The van der Waals surface area contributed by atoms with Gasteiger partial charge in [0, 0.05) is 23.3 Å². The SMILES string of the molecule is CC(C)n1cc(Br)cc1C(=O)NCCCCN.Cl. The van der Waals surface area contributed by atoms with E-state index >= 15 is 0 Å². The second kappa shape index (κ2) is 8.56. The average Bonchev–Trinajstić information content (AvgIpc) is 2.66. The van der Waals surface area contributed by atoms with Crippen molar-refractivity contribution in [1.82, 2.24) is 9.88 Å². The largest absolute Gasteiger partial charge is 0.351 e. The average molecular weight is 339 g/mol. The number of unbranched alkanes of at least 4 members (excludes halogenated alkanes) is 1. The van der Waals surface area contributed by atoms with Crippen molar-refractivity contribution in [2.75, 3.05) is 13.1 Å². The fourth-order valence-electron chi connectivity index (χ4n) is 1.62. The van der Waals surface area contributed by atoms with Crippen molar-refractivity contribution in [3.05, 3.63) is 22.4 Å². The van der Waals surface area contributed by atoms with Crippen LogP contribution in [0.1, 0.15) is 43.2 Å². The standard InChI is InChI=1S/C12H20BrN3O.ClH/c1-9(2)16-8-10(13)7-11(16)12(17)15-6-4-3-5-14;/h7-9H,3-6,14H2,1-2H3,(H,15,17);1H. The zero-order chi connectivity index (χ0) is 12.8. The van der Waals surface area contributed by atoms with Gasteiger partial charge in [-0.1, -0.05) is 0 Å². The summed E-state index contributed by atoms with van der Waals surface area (Å²) in [4.78, 5) is 12.0. The molecule has 104 valence electrons. The van der Waals surface area contributed by atoms with Crippen LogP contribution in [-0.4, -0.2) is 23.6 Å². The Morgan fingerprint density at radius 3 is 2.72 bits per heavy atom. The highest BCUT2D eigenvalue weighted by molar-refractivity contribution is 9.10. The van der Waals surface area contributed by atoms with Crippen LogP contribution in [0.5, 0.6) is 0 Å². The Kier molecular flexibility index (Phi) is 8.31. The van der Waals surface area contributed by atoms with Crippen LogP contribution in [0.2, 0.25) is 0 Å². The van der Waals surface area contributed by atoms with Crippen LogP contribution in [0, 0.1) is 0 Å². The summed E-state index contributed by atoms with van der Waals surface area (Å²) in [6, 6.07) is 2.12. The highest BCUT2D eigenvalue weighted by atomic mass is 79.9. The van der Waals surface area contributed by atoms with E-state index in [4.69, 9.17) is 5.73 Å². The molecule has 0 unspecified atom stereocenters. The van der Waals surface area contributed by atoms with E-state index in [9.17, 15) is 4.79 Å². The van der Waals surface area contributed by atoms with E-state index in [1.165, 1.54) is 0 Å². The first-order chi connectivity index (χ1) is 8.06. The fourth-order valence-corrected chi connectivity index (χ4v) is 2.05. The number of rotatable bonds is 6. The molecule has 0 saturated heterocycles. The van der Waals surface area contributed by atoms with Gasteiger partial charge in [0.15, 0.2) is 0 Å². The van der Waals surface area contributed by atoms with Crippen LogP contribution in [0.3, 0.4) is 0 Å². The number of amides is 1. The van der Waals surface area contributed by atoms with Gasteiger partial charge in [-0.3, -0.25) is 4.79 Å². The molecule has 0 radical (unpaired) electrons. The summed E-state index contributed by atoms with van der Waals surface area (Å²) in [6.07, 6.45) is 3.79. The molecule has 1 heterocycles. The minimum Gasteiger partial charge on any atom is -0.351 e. The van der Waals surface area contributed by atoms with Gasteiger partial charge in [-0.25, -0.2) is 0 Å². The third-order valence-corrected chi connectivity index (χ3v) is 2.95. The molecular weight excluding hydrogens is 318 g/mol. The van der Waals surface area contributed by atoms with Crippen molar-refractivity contribution in [1.29, 1.82) is 0 Å². The maximum absolute atomic E-state index is 12.0. The molecule has 6 heteroatoms. The lowest BCUT2D eigenvalue weighted by atomic mass is 10.3. The summed E-state index contributed by atoms with van der Waals surface area (Å²) >= 11 is 3.40. The van der Waals surface area contributed by atoms with Crippen molar-refractivity contribution >= 4 is 34.2 Å². The number of halogens is 2. The number of nitrogens with two attached hydrogens (primary N) is 1. The van der Waals surface area contributed by atoms with E-state index in [1.807, 2.05) is 16.8 Å². The first-order valence-electron chi connectivity index (χ1n) is 5.92. The smallest absolute Gasteiger partial charge is 0.267 e. The normalized spacial score (nSPS) is 10.3. The van der Waals surface area contributed by atoms with Crippen LogP contribution in [0.15, 0.2) is 16.7 Å². The van der Waals surface area contributed by atoms with Crippen LogP contribution in [0.4, 0.5) is 0 Å². The van der Waals surface area contributed by atoms with Crippen LogP contribution in [0.25, 0.3) is 0 Å². The summed E-state index contributed by atoms with van der Waals surface area (Å²) in [6.45, 7) is 5.45. The van der Waals surface area contributed by atoms with Crippen LogP contribution < -0.4 is 11.1 Å². The van der Waals surface area contributed by atoms with Gasteiger partial charge in [-0.2, -0.15) is 0 Å². The van der Waals surface area contributed by atoms with Gasteiger partial charge < -0.3 is 15.6 Å². The van der Waals surface area contributed by atoms with Gasteiger partial charge in [0.1, 0.15) is 5.69 Å². The predicted molar refractivity (Wildman–Crippen MR) is 80.4 cm³/mol. The van der Waals surface area contributed by atoms with Crippen LogP contribution >= 0.6 is 28.3 Å². The van der Waals surface area contributed by atoms with Gasteiger partial charge in [0.2, 0.25) is 0 Å². The number of hydrogen-bond acceptors (Lipinski definition) is 2. The highest BCUT2D eigenvalue weighted by Crippen LogP contribution is 2.19. The number of carbonyl (C=O) groups excluding carboxylic acids is 1. The minimum absolute atomic E-state index is 0. The quantitative estimate of drug-likeness (QED) is 0.784. The Morgan fingerprint density at radius 1 is 1.50 bits per heavy atom. The molecule has 3 N–H and O–H groups in total. The van der Waals surface area contributed by atoms with Gasteiger partial charge in [-0.15, -0.1) is 12.4 Å². The fraction of sp³-hybridized carbons (Fsp3) is 0.583. The Bertz CT molecular complexity index is 379. The van der Waals surface area contributed by atoms with Crippen molar-refractivity contribution in [2.45, 2.75) is 32.7 Å². The van der Waals surface area contributed by atoms with Crippen molar-refractivity contribution < 1.29 is 4.79 Å². The van der Waals surface area contributed by atoms with Gasteiger partial charge >= 0.3 is 0 Å². The maximum atomic E-state index is 12.0. The van der Waals surface area contributed by atoms with Crippen molar-refractivity contribution in [3.63, 3.8) is 0 Å². The van der Waals surface area contributed by atoms with Crippen LogP contribution in [-0.2, 0) is 0 Å². The monoisotopic (exact) mass is 337 g/mol. The number of hydrogen-bond donors (Lipinski definition) is 2. The molecule has 0 aromatic carbocycles. The molecule has 1 rings (SSSR count). The lowest BCUT2D eigenvalue weighted by Crippen LogP contribution is -2.27. The molecule has 0 aliphatic heterocycles. The van der Waals surface area contributed by atoms with E-state index in [2.05, 4.69) is 35.1 Å². The zero-order valence-electron chi connectivity index (χ0n) is 10.8. The molecule has 0 atom stereocenters. The topological polar surface area (TPSA) is 60.0 Å². The zero-order valence-corrected chi connectivity index (χ0v) is 13.2. The Balaban J connectivity index is 0.00000289. The highest BCUT2D eigenvalue weighted by Gasteiger charge is 2.14. The molecule has 0 bridgehead atoms.